The summed E-state index contributed by atoms with van der Waals surface area (Å²) in [7, 11) is 0. The third-order valence-electron chi connectivity index (χ3n) is 3.10. The maximum absolute atomic E-state index is 5.63. The van der Waals surface area contributed by atoms with Gasteiger partial charge in [0.15, 0.2) is 0 Å². The maximum Gasteiger partial charge on any atom is 0.0669 e. The van der Waals surface area contributed by atoms with E-state index in [0.717, 1.165) is 18.9 Å². The van der Waals surface area contributed by atoms with E-state index in [2.05, 4.69) is 43.4 Å². The molecule has 1 saturated heterocycles. The van der Waals surface area contributed by atoms with Crippen molar-refractivity contribution in [3.05, 3.63) is 29.8 Å². The van der Waals surface area contributed by atoms with Gasteiger partial charge < -0.3 is 10.1 Å². The van der Waals surface area contributed by atoms with Crippen LogP contribution < -0.4 is 5.32 Å². The van der Waals surface area contributed by atoms with Crippen molar-refractivity contribution in [2.75, 3.05) is 12.4 Å². The molecule has 1 aliphatic rings. The topological polar surface area (TPSA) is 21.3 Å². The number of thioether (sulfide) groups is 1. The Labute approximate surface area is 114 Å². The van der Waals surface area contributed by atoms with Crippen molar-refractivity contribution in [2.24, 2.45) is 0 Å². The van der Waals surface area contributed by atoms with Gasteiger partial charge in [-0.1, -0.05) is 26.0 Å². The second kappa shape index (κ2) is 7.17. The van der Waals surface area contributed by atoms with Gasteiger partial charge in [0.1, 0.15) is 0 Å². The zero-order valence-corrected chi connectivity index (χ0v) is 12.1. The first-order valence-electron chi connectivity index (χ1n) is 6.81. The Morgan fingerprint density at radius 2 is 2.11 bits per heavy atom. The molecule has 1 N–H and O–H groups in total. The minimum atomic E-state index is 0.470. The SMILES string of the molecule is CC(C)NCc1ccc(SCC2CCCO2)cc1. The minimum Gasteiger partial charge on any atom is -0.377 e. The molecule has 0 aliphatic carbocycles. The van der Waals surface area contributed by atoms with Gasteiger partial charge in [0, 0.05) is 29.8 Å². The molecule has 3 heteroatoms. The van der Waals surface area contributed by atoms with Gasteiger partial charge in [-0.2, -0.15) is 0 Å². The summed E-state index contributed by atoms with van der Waals surface area (Å²) in [4.78, 5) is 1.35. The Morgan fingerprint density at radius 3 is 2.72 bits per heavy atom. The molecule has 0 saturated carbocycles. The molecule has 1 fully saturated rings. The highest BCUT2D eigenvalue weighted by atomic mass is 32.2. The van der Waals surface area contributed by atoms with E-state index in [1.165, 1.54) is 23.3 Å². The van der Waals surface area contributed by atoms with E-state index in [9.17, 15) is 0 Å². The van der Waals surface area contributed by atoms with Crippen LogP contribution in [-0.2, 0) is 11.3 Å². The van der Waals surface area contributed by atoms with Crippen LogP contribution in [0.3, 0.4) is 0 Å². The molecule has 1 aromatic carbocycles. The van der Waals surface area contributed by atoms with E-state index < -0.39 is 0 Å². The van der Waals surface area contributed by atoms with Crippen molar-refractivity contribution < 1.29 is 4.74 Å². The Hall–Kier alpha value is -0.510. The van der Waals surface area contributed by atoms with Crippen molar-refractivity contribution in [3.8, 4) is 0 Å². The molecule has 1 atom stereocenters. The summed E-state index contributed by atoms with van der Waals surface area (Å²) in [5, 5.41) is 3.43. The fourth-order valence-electron chi connectivity index (χ4n) is 1.99. The van der Waals surface area contributed by atoms with Gasteiger partial charge >= 0.3 is 0 Å². The summed E-state index contributed by atoms with van der Waals surface area (Å²) in [5.41, 5.74) is 1.35. The van der Waals surface area contributed by atoms with Crippen molar-refractivity contribution in [1.82, 2.24) is 5.32 Å². The van der Waals surface area contributed by atoms with Gasteiger partial charge in [0.25, 0.3) is 0 Å². The van der Waals surface area contributed by atoms with E-state index >= 15 is 0 Å². The molecule has 0 spiro atoms. The number of hydrogen-bond acceptors (Lipinski definition) is 3. The predicted octanol–water partition coefficient (Wildman–Crippen LogP) is 3.46. The zero-order chi connectivity index (χ0) is 12.8. The largest absolute Gasteiger partial charge is 0.377 e. The lowest BCUT2D eigenvalue weighted by Gasteiger charge is -2.10. The highest BCUT2D eigenvalue weighted by Crippen LogP contribution is 2.24. The van der Waals surface area contributed by atoms with Gasteiger partial charge in [-0.25, -0.2) is 0 Å². The molecule has 18 heavy (non-hydrogen) atoms. The van der Waals surface area contributed by atoms with E-state index in [0.29, 0.717) is 12.1 Å². The normalized spacial score (nSPS) is 19.6. The van der Waals surface area contributed by atoms with E-state index in [1.807, 2.05) is 11.8 Å². The fraction of sp³-hybridized carbons (Fsp3) is 0.600. The molecule has 1 aromatic rings. The molecule has 2 nitrogen and oxygen atoms in total. The van der Waals surface area contributed by atoms with Gasteiger partial charge in [0.05, 0.1) is 6.10 Å². The molecule has 0 radical (unpaired) electrons. The third-order valence-corrected chi connectivity index (χ3v) is 4.24. The lowest BCUT2D eigenvalue weighted by molar-refractivity contribution is 0.129. The Balaban J connectivity index is 1.76. The molecule has 0 bridgehead atoms. The van der Waals surface area contributed by atoms with Crippen LogP contribution in [-0.4, -0.2) is 24.5 Å². The molecule has 1 unspecified atom stereocenters. The first-order valence-corrected chi connectivity index (χ1v) is 7.79. The monoisotopic (exact) mass is 265 g/mol. The van der Waals surface area contributed by atoms with Gasteiger partial charge in [-0.15, -0.1) is 11.8 Å². The van der Waals surface area contributed by atoms with E-state index in [-0.39, 0.29) is 0 Å². The van der Waals surface area contributed by atoms with Gasteiger partial charge in [-0.3, -0.25) is 0 Å². The van der Waals surface area contributed by atoms with Gasteiger partial charge in [0.2, 0.25) is 0 Å². The molecule has 0 aromatic heterocycles. The maximum atomic E-state index is 5.63. The third kappa shape index (κ3) is 4.63. The zero-order valence-electron chi connectivity index (χ0n) is 11.3. The molecular weight excluding hydrogens is 242 g/mol. The molecule has 1 aliphatic heterocycles. The summed E-state index contributed by atoms with van der Waals surface area (Å²) in [6.07, 6.45) is 2.92. The van der Waals surface area contributed by atoms with Crippen LogP contribution in [0.15, 0.2) is 29.2 Å². The average Bonchev–Trinajstić information content (AvgIpc) is 2.88. The summed E-state index contributed by atoms with van der Waals surface area (Å²) >= 11 is 1.91. The van der Waals surface area contributed by atoms with Crippen molar-refractivity contribution in [3.63, 3.8) is 0 Å². The molecule has 100 valence electrons. The predicted molar refractivity (Wildman–Crippen MR) is 78.1 cm³/mol. The summed E-state index contributed by atoms with van der Waals surface area (Å²) in [6.45, 7) is 6.25. The van der Waals surface area contributed by atoms with Crippen molar-refractivity contribution >= 4 is 11.8 Å². The highest BCUT2D eigenvalue weighted by Gasteiger charge is 2.15. The van der Waals surface area contributed by atoms with Crippen LogP contribution >= 0.6 is 11.8 Å². The summed E-state index contributed by atoms with van der Waals surface area (Å²) in [6, 6.07) is 9.41. The number of benzene rings is 1. The second-order valence-electron chi connectivity index (χ2n) is 5.13. The van der Waals surface area contributed by atoms with E-state index in [1.54, 1.807) is 0 Å². The van der Waals surface area contributed by atoms with Crippen LogP contribution in [0.4, 0.5) is 0 Å². The quantitative estimate of drug-likeness (QED) is 0.796. The number of rotatable bonds is 6. The van der Waals surface area contributed by atoms with Crippen LogP contribution in [0.1, 0.15) is 32.3 Å². The van der Waals surface area contributed by atoms with Crippen molar-refractivity contribution in [2.45, 2.75) is 50.3 Å². The van der Waals surface area contributed by atoms with Crippen LogP contribution in [0, 0.1) is 0 Å². The van der Waals surface area contributed by atoms with Crippen LogP contribution in [0.2, 0.25) is 0 Å². The molecule has 2 rings (SSSR count). The lowest BCUT2D eigenvalue weighted by Crippen LogP contribution is -2.21. The average molecular weight is 265 g/mol. The first-order chi connectivity index (χ1) is 8.74. The fourth-order valence-corrected chi connectivity index (χ4v) is 2.96. The molecule has 0 amide bonds. The Morgan fingerprint density at radius 1 is 1.33 bits per heavy atom. The van der Waals surface area contributed by atoms with Crippen LogP contribution in [0.25, 0.3) is 0 Å². The van der Waals surface area contributed by atoms with E-state index in [4.69, 9.17) is 4.74 Å². The Bertz CT molecular complexity index is 344. The van der Waals surface area contributed by atoms with Gasteiger partial charge in [-0.05, 0) is 30.5 Å². The lowest BCUT2D eigenvalue weighted by atomic mass is 10.2. The summed E-state index contributed by atoms with van der Waals surface area (Å²) < 4.78 is 5.63. The molecule has 1 heterocycles. The second-order valence-corrected chi connectivity index (χ2v) is 6.22. The minimum absolute atomic E-state index is 0.470. The van der Waals surface area contributed by atoms with Crippen molar-refractivity contribution in [1.29, 1.82) is 0 Å². The number of nitrogens with one attached hydrogen (secondary N) is 1. The number of hydrogen-bond donors (Lipinski definition) is 1. The smallest absolute Gasteiger partial charge is 0.0669 e. The highest BCUT2D eigenvalue weighted by molar-refractivity contribution is 7.99. The Kier molecular flexibility index (Phi) is 5.54. The standard InChI is InChI=1S/C15H23NOS/c1-12(2)16-10-13-5-7-15(8-6-13)18-11-14-4-3-9-17-14/h5-8,12,14,16H,3-4,9-11H2,1-2H3. The molecular formula is C15H23NOS. The van der Waals surface area contributed by atoms with Crippen LogP contribution in [0.5, 0.6) is 0 Å². The summed E-state index contributed by atoms with van der Waals surface area (Å²) in [5.74, 6) is 1.09. The number of ether oxygens (including phenoxy) is 1. The first kappa shape index (κ1) is 13.9.